The van der Waals surface area contributed by atoms with Gasteiger partial charge in [-0.05, 0) is 37.9 Å². The number of fused-ring (bicyclic) bond motifs is 1. The van der Waals surface area contributed by atoms with Crippen LogP contribution in [0.2, 0.25) is 0 Å². The van der Waals surface area contributed by atoms with Gasteiger partial charge in [-0.1, -0.05) is 0 Å². The molecule has 1 heterocycles. The van der Waals surface area contributed by atoms with Crippen molar-refractivity contribution in [2.45, 2.75) is 0 Å². The molecule has 0 saturated heterocycles. The Balaban J connectivity index is 3.34. The van der Waals surface area contributed by atoms with E-state index in [4.69, 9.17) is 0 Å². The van der Waals surface area contributed by atoms with Gasteiger partial charge in [-0.3, -0.25) is 29.8 Å². The number of hydrogen-bond acceptors (Lipinski definition) is 7. The second-order valence-electron chi connectivity index (χ2n) is 3.94. The van der Waals surface area contributed by atoms with Crippen LogP contribution in [-0.2, 0) is 0 Å². The van der Waals surface area contributed by atoms with Crippen molar-refractivity contribution in [3.63, 3.8) is 0 Å². The molecule has 0 aliphatic carbocycles. The summed E-state index contributed by atoms with van der Waals surface area (Å²) in [5, 5.41) is 30.9. The molecule has 0 spiro atoms. The highest BCUT2D eigenvalue weighted by molar-refractivity contribution is 9.13. The highest BCUT2D eigenvalue weighted by Crippen LogP contribution is 2.37. The summed E-state index contributed by atoms with van der Waals surface area (Å²) >= 11 is 5.89. The van der Waals surface area contributed by atoms with E-state index in [0.717, 1.165) is 6.07 Å². The molecule has 0 fully saturated rings. The van der Waals surface area contributed by atoms with Crippen LogP contribution in [0.3, 0.4) is 0 Å². The molecule has 12 heteroatoms. The third kappa shape index (κ3) is 2.35. The van der Waals surface area contributed by atoms with Crippen LogP contribution in [0.5, 0.6) is 5.75 Å². The van der Waals surface area contributed by atoms with E-state index in [0.29, 0.717) is 0 Å². The molecule has 2 N–H and O–H groups in total. The van der Waals surface area contributed by atoms with Crippen molar-refractivity contribution in [2.75, 3.05) is 0 Å². The summed E-state index contributed by atoms with van der Waals surface area (Å²) in [6, 6.07) is 1.15. The number of nitro benzene ring substituents is 1. The number of aromatic hydroxyl groups is 1. The van der Waals surface area contributed by atoms with Crippen molar-refractivity contribution < 1.29 is 15.0 Å². The van der Waals surface area contributed by atoms with Gasteiger partial charge in [0.2, 0.25) is 0 Å². The van der Waals surface area contributed by atoms with Crippen LogP contribution in [0.15, 0.2) is 24.6 Å². The van der Waals surface area contributed by atoms with Gasteiger partial charge in [-0.25, -0.2) is 0 Å². The minimum absolute atomic E-state index is 0.134. The lowest BCUT2D eigenvalue weighted by atomic mass is 10.2. The van der Waals surface area contributed by atoms with Crippen LogP contribution in [0.25, 0.3) is 10.9 Å². The third-order valence-electron chi connectivity index (χ3n) is 2.69. The predicted octanol–water partition coefficient (Wildman–Crippen LogP) is 1.94. The molecule has 114 valence electrons. The van der Waals surface area contributed by atoms with Crippen molar-refractivity contribution in [2.24, 2.45) is 0 Å². The van der Waals surface area contributed by atoms with Crippen molar-refractivity contribution in [1.82, 2.24) is 4.98 Å². The average Bonchev–Trinajstić information content (AvgIpc) is 2.48. The number of hydrogen-bond donors (Lipinski definition) is 2. The van der Waals surface area contributed by atoms with Crippen LogP contribution in [0.4, 0.5) is 11.4 Å². The maximum atomic E-state index is 12.2. The van der Waals surface area contributed by atoms with E-state index >= 15 is 0 Å². The summed E-state index contributed by atoms with van der Waals surface area (Å²) in [4.78, 5) is 45.8. The summed E-state index contributed by atoms with van der Waals surface area (Å²) < 4.78 is -0.00182. The first kappa shape index (κ1) is 16.0. The Kier molecular flexibility index (Phi) is 3.98. The Labute approximate surface area is 136 Å². The Hall–Kier alpha value is -2.34. The molecule has 0 aliphatic heterocycles. The number of nitro groups is 2. The van der Waals surface area contributed by atoms with E-state index < -0.39 is 43.3 Å². The normalized spacial score (nSPS) is 10.6. The second kappa shape index (κ2) is 5.46. The largest absolute Gasteiger partial charge is 0.498 e. The molecule has 2 aromatic rings. The Bertz CT molecular complexity index is 969. The lowest BCUT2D eigenvalue weighted by molar-refractivity contribution is -0.387. The van der Waals surface area contributed by atoms with E-state index in [-0.39, 0.29) is 14.5 Å². The van der Waals surface area contributed by atoms with Crippen LogP contribution in [0.1, 0.15) is 0 Å². The smallest absolute Gasteiger partial charge is 0.364 e. The van der Waals surface area contributed by atoms with E-state index in [9.17, 15) is 34.9 Å². The highest BCUT2D eigenvalue weighted by Gasteiger charge is 2.30. The van der Waals surface area contributed by atoms with Crippen molar-refractivity contribution in [3.05, 3.63) is 55.8 Å². The molecule has 22 heavy (non-hydrogen) atoms. The Morgan fingerprint density at radius 3 is 2.14 bits per heavy atom. The summed E-state index contributed by atoms with van der Waals surface area (Å²) in [6.45, 7) is 0. The summed E-state index contributed by atoms with van der Waals surface area (Å²) in [5.74, 6) is -1.42. The summed E-state index contributed by atoms with van der Waals surface area (Å²) in [6.07, 6.45) is 0. The van der Waals surface area contributed by atoms with Crippen molar-refractivity contribution in [1.29, 1.82) is 0 Å². The number of aromatic amines is 1. The topological polar surface area (TPSA) is 156 Å². The fourth-order valence-electron chi connectivity index (χ4n) is 1.80. The average molecular weight is 437 g/mol. The van der Waals surface area contributed by atoms with Gasteiger partial charge >= 0.3 is 5.69 Å². The lowest BCUT2D eigenvalue weighted by Gasteiger charge is -2.00. The van der Waals surface area contributed by atoms with Crippen LogP contribution >= 0.6 is 31.9 Å². The van der Waals surface area contributed by atoms with Gasteiger partial charge in [0.25, 0.3) is 22.4 Å². The second-order valence-corrected chi connectivity index (χ2v) is 5.59. The zero-order valence-corrected chi connectivity index (χ0v) is 13.3. The highest BCUT2D eigenvalue weighted by atomic mass is 79.9. The molecule has 0 atom stereocenters. The summed E-state index contributed by atoms with van der Waals surface area (Å²) in [7, 11) is 0. The number of rotatable bonds is 2. The molecule has 1 aromatic carbocycles. The fourth-order valence-corrected chi connectivity index (χ4v) is 2.67. The molecule has 0 saturated carbocycles. The van der Waals surface area contributed by atoms with E-state index in [1.807, 2.05) is 4.98 Å². The van der Waals surface area contributed by atoms with Crippen LogP contribution in [-0.4, -0.2) is 19.9 Å². The Morgan fingerprint density at radius 1 is 1.09 bits per heavy atom. The number of nitrogens with zero attached hydrogens (tertiary/aromatic N) is 2. The molecule has 0 bridgehead atoms. The van der Waals surface area contributed by atoms with Crippen LogP contribution in [0, 0.1) is 20.2 Å². The van der Waals surface area contributed by atoms with E-state index in [2.05, 4.69) is 31.9 Å². The molecule has 10 nitrogen and oxygen atoms in total. The van der Waals surface area contributed by atoms with Gasteiger partial charge in [-0.2, -0.15) is 0 Å². The number of benzene rings is 1. The monoisotopic (exact) mass is 435 g/mol. The molecule has 0 amide bonds. The van der Waals surface area contributed by atoms with Crippen LogP contribution < -0.4 is 11.0 Å². The zero-order chi connectivity index (χ0) is 16.8. The SMILES string of the molecule is O=c1[nH]c2cc(Br)c(Br)c([N+](=O)[O-])c2c(=O)c([N+](=O)[O-])c1O. The molecular formula is C10H3Br2N3O7. The molecular weight excluding hydrogens is 434 g/mol. The third-order valence-corrected chi connectivity index (χ3v) is 4.65. The lowest BCUT2D eigenvalue weighted by Crippen LogP contribution is -2.09. The first-order valence-corrected chi connectivity index (χ1v) is 6.85. The fraction of sp³-hybridized carbons (Fsp3) is 0. The molecule has 0 radical (unpaired) electrons. The molecule has 0 aliphatic rings. The molecule has 1 aromatic heterocycles. The minimum atomic E-state index is -1.45. The quantitative estimate of drug-likeness (QED) is 0.537. The molecule has 2 rings (SSSR count). The number of halogens is 2. The van der Waals surface area contributed by atoms with Gasteiger partial charge in [0.1, 0.15) is 9.86 Å². The van der Waals surface area contributed by atoms with Gasteiger partial charge < -0.3 is 10.1 Å². The maximum absolute atomic E-state index is 12.2. The van der Waals surface area contributed by atoms with Gasteiger partial charge in [0, 0.05) is 4.47 Å². The van der Waals surface area contributed by atoms with E-state index in [1.165, 1.54) is 0 Å². The minimum Gasteiger partial charge on any atom is -0.498 e. The van der Waals surface area contributed by atoms with Gasteiger partial charge in [0.05, 0.1) is 15.4 Å². The number of H-pyrrole nitrogens is 1. The first-order chi connectivity index (χ1) is 10.2. The first-order valence-electron chi connectivity index (χ1n) is 5.26. The summed E-state index contributed by atoms with van der Waals surface area (Å²) in [5.41, 5.74) is -5.31. The van der Waals surface area contributed by atoms with Gasteiger partial charge in [0.15, 0.2) is 0 Å². The maximum Gasteiger partial charge on any atom is 0.364 e. The predicted molar refractivity (Wildman–Crippen MR) is 81.2 cm³/mol. The zero-order valence-electron chi connectivity index (χ0n) is 10.1. The van der Waals surface area contributed by atoms with Crippen molar-refractivity contribution in [3.8, 4) is 5.75 Å². The van der Waals surface area contributed by atoms with Crippen molar-refractivity contribution >= 4 is 54.1 Å². The standard InChI is InChI=1S/C10H3Br2N3O7/c11-2-1-3-4(6(5(2)12)14(19)20)8(16)7(15(21)22)9(17)10(18)13-3/h1,17H,(H,13,18). The van der Waals surface area contributed by atoms with Gasteiger partial charge in [-0.15, -0.1) is 0 Å². The Morgan fingerprint density at radius 2 is 1.64 bits per heavy atom. The number of aromatic nitrogens is 1. The number of nitrogens with one attached hydrogen (secondary N) is 1. The molecule has 0 unspecified atom stereocenters. The van der Waals surface area contributed by atoms with E-state index in [1.54, 1.807) is 0 Å².